The van der Waals surface area contributed by atoms with Gasteiger partial charge in [0, 0.05) is 12.8 Å². The molecule has 34 heavy (non-hydrogen) atoms. The number of hydrogen-bond donors (Lipinski definition) is 7. The summed E-state index contributed by atoms with van der Waals surface area (Å²) in [5.74, 6) is -5.48. The molecule has 0 rings (SSSR count). The smallest absolute Gasteiger partial charge is 0.326 e. The third kappa shape index (κ3) is 11.1. The molecule has 0 aromatic rings. The van der Waals surface area contributed by atoms with Gasteiger partial charge >= 0.3 is 5.97 Å². The largest absolute Gasteiger partial charge is 0.480 e. The number of carbonyl (C=O) groups excluding carboxylic acids is 5. The Hall–Kier alpha value is -3.22. The van der Waals surface area contributed by atoms with Gasteiger partial charge in [-0.3, -0.25) is 24.0 Å². The summed E-state index contributed by atoms with van der Waals surface area (Å²) in [6, 6.07) is -4.57. The van der Waals surface area contributed by atoms with Crippen LogP contribution in [0, 0.1) is 11.8 Å². The third-order valence-corrected chi connectivity index (χ3v) is 5.37. The summed E-state index contributed by atoms with van der Waals surface area (Å²) in [5.41, 5.74) is 15.9. The predicted octanol–water partition coefficient (Wildman–Crippen LogP) is -1.91. The van der Waals surface area contributed by atoms with Crippen molar-refractivity contribution in [2.45, 2.75) is 84.0 Å². The van der Waals surface area contributed by atoms with Crippen molar-refractivity contribution in [3.63, 3.8) is 0 Å². The first kappa shape index (κ1) is 30.8. The zero-order valence-electron chi connectivity index (χ0n) is 20.1. The zero-order valence-corrected chi connectivity index (χ0v) is 20.1. The molecule has 10 N–H and O–H groups in total. The van der Waals surface area contributed by atoms with Gasteiger partial charge in [0.2, 0.25) is 29.5 Å². The molecule has 5 unspecified atom stereocenters. The molecule has 0 radical (unpaired) electrons. The lowest BCUT2D eigenvalue weighted by Crippen LogP contribution is -2.59. The Morgan fingerprint density at radius 2 is 1.24 bits per heavy atom. The molecule has 13 heteroatoms. The van der Waals surface area contributed by atoms with Crippen LogP contribution >= 0.6 is 0 Å². The molecule has 5 amide bonds. The van der Waals surface area contributed by atoms with E-state index in [-0.39, 0.29) is 37.5 Å². The van der Waals surface area contributed by atoms with Crippen LogP contribution in [-0.4, -0.2) is 64.8 Å². The van der Waals surface area contributed by atoms with E-state index < -0.39 is 59.7 Å². The standard InChI is InChI=1S/C21H38N6O7/c1-5-11(4)17(20(32)25-13(21(33)34)7-9-15(24)29)27-19(31)16(10(2)3)26-18(30)12(22)6-8-14(23)28/h10-13,16-17H,5-9,22H2,1-4H3,(H2,23,28)(H2,24,29)(H,25,32)(H,26,30)(H,27,31)(H,33,34). The Kier molecular flexibility index (Phi) is 13.4. The molecule has 0 aromatic carbocycles. The van der Waals surface area contributed by atoms with Crippen molar-refractivity contribution in [3.05, 3.63) is 0 Å². The second kappa shape index (κ2) is 14.8. The molecule has 0 aromatic heterocycles. The van der Waals surface area contributed by atoms with Gasteiger partial charge in [0.15, 0.2) is 0 Å². The number of carboxylic acid groups (broad SMARTS) is 1. The quantitative estimate of drug-likeness (QED) is 0.129. The Morgan fingerprint density at radius 3 is 1.68 bits per heavy atom. The van der Waals surface area contributed by atoms with E-state index in [2.05, 4.69) is 16.0 Å². The van der Waals surface area contributed by atoms with Crippen LogP contribution in [0.5, 0.6) is 0 Å². The van der Waals surface area contributed by atoms with E-state index in [1.165, 1.54) is 0 Å². The molecule has 0 aliphatic heterocycles. The minimum absolute atomic E-state index is 0.00732. The highest BCUT2D eigenvalue weighted by Crippen LogP contribution is 2.12. The Labute approximate surface area is 198 Å². The molecule has 0 spiro atoms. The van der Waals surface area contributed by atoms with Crippen LogP contribution in [0.2, 0.25) is 0 Å². The summed E-state index contributed by atoms with van der Waals surface area (Å²) >= 11 is 0. The highest BCUT2D eigenvalue weighted by atomic mass is 16.4. The molecule has 0 heterocycles. The lowest BCUT2D eigenvalue weighted by molar-refractivity contribution is -0.143. The number of nitrogens with two attached hydrogens (primary N) is 3. The first-order valence-corrected chi connectivity index (χ1v) is 11.2. The van der Waals surface area contributed by atoms with Gasteiger partial charge in [0.05, 0.1) is 6.04 Å². The maximum absolute atomic E-state index is 13.0. The van der Waals surface area contributed by atoms with Crippen LogP contribution in [0.25, 0.3) is 0 Å². The summed E-state index contributed by atoms with van der Waals surface area (Å²) in [6.07, 6.45) is -0.0497. The van der Waals surface area contributed by atoms with Gasteiger partial charge < -0.3 is 38.3 Å². The van der Waals surface area contributed by atoms with E-state index >= 15 is 0 Å². The van der Waals surface area contributed by atoms with Crippen molar-refractivity contribution in [2.24, 2.45) is 29.0 Å². The number of amides is 5. The maximum atomic E-state index is 13.0. The molecule has 0 saturated heterocycles. The molecule has 0 fully saturated rings. The van der Waals surface area contributed by atoms with Crippen LogP contribution < -0.4 is 33.2 Å². The minimum atomic E-state index is -1.37. The van der Waals surface area contributed by atoms with Crippen LogP contribution in [0.15, 0.2) is 0 Å². The molecule has 0 bridgehead atoms. The molecular formula is C21H38N6O7. The van der Waals surface area contributed by atoms with E-state index in [9.17, 15) is 33.9 Å². The number of carbonyl (C=O) groups is 6. The summed E-state index contributed by atoms with van der Waals surface area (Å²) in [7, 11) is 0. The second-order valence-corrected chi connectivity index (χ2v) is 8.62. The van der Waals surface area contributed by atoms with Gasteiger partial charge in [-0.15, -0.1) is 0 Å². The topological polar surface area (TPSA) is 237 Å². The van der Waals surface area contributed by atoms with Crippen molar-refractivity contribution in [1.29, 1.82) is 0 Å². The number of aliphatic carboxylic acids is 1. The van der Waals surface area contributed by atoms with Gasteiger partial charge in [-0.2, -0.15) is 0 Å². The van der Waals surface area contributed by atoms with Crippen LogP contribution in [0.4, 0.5) is 0 Å². The van der Waals surface area contributed by atoms with E-state index in [1.807, 2.05) is 0 Å². The molecule has 194 valence electrons. The van der Waals surface area contributed by atoms with E-state index in [1.54, 1.807) is 27.7 Å². The maximum Gasteiger partial charge on any atom is 0.326 e. The lowest BCUT2D eigenvalue weighted by Gasteiger charge is -2.29. The summed E-state index contributed by atoms with van der Waals surface area (Å²) in [5, 5.41) is 16.8. The molecule has 0 aliphatic carbocycles. The molecule has 0 aliphatic rings. The van der Waals surface area contributed by atoms with Gasteiger partial charge in [-0.25, -0.2) is 4.79 Å². The van der Waals surface area contributed by atoms with Crippen LogP contribution in [0.3, 0.4) is 0 Å². The zero-order chi connectivity index (χ0) is 26.6. The van der Waals surface area contributed by atoms with Crippen molar-refractivity contribution in [1.82, 2.24) is 16.0 Å². The number of rotatable bonds is 16. The molecule has 13 nitrogen and oxygen atoms in total. The molecule has 5 atom stereocenters. The molecular weight excluding hydrogens is 448 g/mol. The third-order valence-electron chi connectivity index (χ3n) is 5.37. The minimum Gasteiger partial charge on any atom is -0.480 e. The van der Waals surface area contributed by atoms with E-state index in [0.717, 1.165) is 0 Å². The van der Waals surface area contributed by atoms with Crippen molar-refractivity contribution in [3.8, 4) is 0 Å². The predicted molar refractivity (Wildman–Crippen MR) is 123 cm³/mol. The van der Waals surface area contributed by atoms with E-state index in [0.29, 0.717) is 6.42 Å². The highest BCUT2D eigenvalue weighted by molar-refractivity contribution is 5.94. The number of hydrogen-bond acceptors (Lipinski definition) is 7. The fourth-order valence-corrected chi connectivity index (χ4v) is 2.97. The summed E-state index contributed by atoms with van der Waals surface area (Å²) in [6.45, 7) is 6.86. The van der Waals surface area contributed by atoms with Gasteiger partial charge in [-0.1, -0.05) is 34.1 Å². The Morgan fingerprint density at radius 1 is 0.765 bits per heavy atom. The fraction of sp³-hybridized carbons (Fsp3) is 0.714. The van der Waals surface area contributed by atoms with Gasteiger partial charge in [-0.05, 0) is 24.7 Å². The molecule has 0 saturated carbocycles. The van der Waals surface area contributed by atoms with Gasteiger partial charge in [0.1, 0.15) is 18.1 Å². The first-order chi connectivity index (χ1) is 15.7. The number of primary amides is 2. The first-order valence-electron chi connectivity index (χ1n) is 11.2. The van der Waals surface area contributed by atoms with Crippen molar-refractivity contribution >= 4 is 35.5 Å². The lowest BCUT2D eigenvalue weighted by atomic mass is 9.95. The number of carboxylic acids is 1. The Balaban J connectivity index is 5.46. The van der Waals surface area contributed by atoms with Crippen LogP contribution in [-0.2, 0) is 28.8 Å². The van der Waals surface area contributed by atoms with Crippen molar-refractivity contribution in [2.75, 3.05) is 0 Å². The SMILES string of the molecule is CCC(C)C(NC(=O)C(NC(=O)C(N)CCC(N)=O)C(C)C)C(=O)NC(CCC(N)=O)C(=O)O. The normalized spacial score (nSPS) is 15.4. The highest BCUT2D eigenvalue weighted by Gasteiger charge is 2.33. The van der Waals surface area contributed by atoms with Gasteiger partial charge in [0.25, 0.3) is 0 Å². The fourth-order valence-electron chi connectivity index (χ4n) is 2.97. The average molecular weight is 487 g/mol. The second-order valence-electron chi connectivity index (χ2n) is 8.62. The van der Waals surface area contributed by atoms with Crippen molar-refractivity contribution < 1.29 is 33.9 Å². The summed E-state index contributed by atoms with van der Waals surface area (Å²) < 4.78 is 0. The number of nitrogens with one attached hydrogen (secondary N) is 3. The average Bonchev–Trinajstić information content (AvgIpc) is 2.74. The van der Waals surface area contributed by atoms with E-state index in [4.69, 9.17) is 17.2 Å². The monoisotopic (exact) mass is 486 g/mol. The Bertz CT molecular complexity index is 758. The summed E-state index contributed by atoms with van der Waals surface area (Å²) in [4.78, 5) is 71.6. The van der Waals surface area contributed by atoms with Crippen LogP contribution in [0.1, 0.15) is 59.8 Å².